The minimum absolute atomic E-state index is 0.342. The Bertz CT molecular complexity index is 742. The van der Waals surface area contributed by atoms with E-state index in [2.05, 4.69) is 25.9 Å². The summed E-state index contributed by atoms with van der Waals surface area (Å²) >= 11 is 2.34. The number of fused-ring (bicyclic) bond motifs is 1. The van der Waals surface area contributed by atoms with Crippen molar-refractivity contribution < 1.29 is 4.55 Å². The number of hydrogen-bond acceptors (Lipinski definition) is 3. The predicted molar refractivity (Wildman–Crippen MR) is 78.9 cm³/mol. The number of hydrogen-bond donors (Lipinski definition) is 0. The van der Waals surface area contributed by atoms with Crippen molar-refractivity contribution >= 4 is 38.0 Å². The molecule has 0 aliphatic heterocycles. The summed E-state index contributed by atoms with van der Waals surface area (Å²) in [6.45, 7) is 0. The van der Waals surface area contributed by atoms with Gasteiger partial charge < -0.3 is 9.12 Å². The van der Waals surface area contributed by atoms with Gasteiger partial charge in [-0.3, -0.25) is 0 Å². The van der Waals surface area contributed by atoms with E-state index in [1.165, 1.54) is 0 Å². The smallest absolute Gasteiger partial charge is 0.344 e. The van der Waals surface area contributed by atoms with Crippen LogP contribution in [0, 0.1) is 0 Å². The van der Waals surface area contributed by atoms with Crippen LogP contribution in [0.2, 0.25) is 0 Å². The third-order valence-electron chi connectivity index (χ3n) is 2.80. The third-order valence-corrected chi connectivity index (χ3v) is 4.20. The molecule has 6 heteroatoms. The molecule has 0 saturated heterocycles. The van der Waals surface area contributed by atoms with Crippen molar-refractivity contribution in [3.05, 3.63) is 47.2 Å². The van der Waals surface area contributed by atoms with Crippen LogP contribution in [0.1, 0.15) is 0 Å². The van der Waals surface area contributed by atoms with Gasteiger partial charge in [0.25, 0.3) is 0 Å². The monoisotopic (exact) mass is 335 g/mol. The highest BCUT2D eigenvalue weighted by atomic mass is 79.9. The molecule has 3 aromatic rings. The van der Waals surface area contributed by atoms with E-state index >= 15 is 0 Å². The molecule has 0 bridgehead atoms. The Morgan fingerprint density at radius 3 is 2.89 bits per heavy atom. The van der Waals surface area contributed by atoms with Crippen LogP contribution in [-0.2, 0) is 11.2 Å². The summed E-state index contributed by atoms with van der Waals surface area (Å²) in [5, 5.41) is 1.45. The average Bonchev–Trinajstić information content (AvgIpc) is 2.84. The maximum absolute atomic E-state index is 11.5. The van der Waals surface area contributed by atoms with E-state index in [-0.39, 0.29) is 0 Å². The minimum atomic E-state index is -1.18. The molecule has 0 saturated carbocycles. The SMILES string of the molecule is C[S+]([O-])c1nccc(-n2ccc3c(Br)cccc32)n1. The second-order valence-corrected chi connectivity index (χ2v) is 6.14. The largest absolute Gasteiger partial charge is 0.609 e. The lowest BCUT2D eigenvalue weighted by atomic mass is 10.2. The first-order chi connectivity index (χ1) is 9.16. The van der Waals surface area contributed by atoms with Gasteiger partial charge in [-0.25, -0.2) is 0 Å². The van der Waals surface area contributed by atoms with Crippen LogP contribution in [0.4, 0.5) is 0 Å². The number of benzene rings is 1. The van der Waals surface area contributed by atoms with Crippen molar-refractivity contribution in [1.82, 2.24) is 14.5 Å². The van der Waals surface area contributed by atoms with Gasteiger partial charge in [0.05, 0.1) is 5.52 Å². The molecule has 1 unspecified atom stereocenters. The summed E-state index contributed by atoms with van der Waals surface area (Å²) in [5.41, 5.74) is 1.04. The fourth-order valence-corrected chi connectivity index (χ4v) is 2.85. The van der Waals surface area contributed by atoms with E-state index < -0.39 is 11.2 Å². The summed E-state index contributed by atoms with van der Waals surface area (Å²) in [6.07, 6.45) is 5.15. The van der Waals surface area contributed by atoms with Gasteiger partial charge >= 0.3 is 5.16 Å². The topological polar surface area (TPSA) is 53.8 Å². The Balaban J connectivity index is 2.19. The highest BCUT2D eigenvalue weighted by Crippen LogP contribution is 2.26. The maximum Gasteiger partial charge on any atom is 0.344 e. The lowest BCUT2D eigenvalue weighted by Crippen LogP contribution is -2.06. The highest BCUT2D eigenvalue weighted by Gasteiger charge is 2.11. The van der Waals surface area contributed by atoms with Crippen molar-refractivity contribution in [3.63, 3.8) is 0 Å². The summed E-state index contributed by atoms with van der Waals surface area (Å²) in [7, 11) is 0. The Labute approximate surface area is 121 Å². The second-order valence-electron chi connectivity index (χ2n) is 4.01. The molecule has 0 radical (unpaired) electrons. The molecule has 2 heterocycles. The summed E-state index contributed by atoms with van der Waals surface area (Å²) in [6, 6.07) is 9.81. The van der Waals surface area contributed by atoms with Crippen LogP contribution in [0.3, 0.4) is 0 Å². The zero-order valence-electron chi connectivity index (χ0n) is 10.1. The highest BCUT2D eigenvalue weighted by molar-refractivity contribution is 9.10. The molecule has 3 rings (SSSR count). The van der Waals surface area contributed by atoms with Crippen LogP contribution in [0.5, 0.6) is 0 Å². The van der Waals surface area contributed by atoms with Crippen LogP contribution in [0.25, 0.3) is 16.7 Å². The Kier molecular flexibility index (Phi) is 3.30. The fraction of sp³-hybridized carbons (Fsp3) is 0.0769. The lowest BCUT2D eigenvalue weighted by molar-refractivity contribution is 0.591. The Hall–Kier alpha value is -1.37. The number of nitrogens with zero attached hydrogens (tertiary/aromatic N) is 3. The van der Waals surface area contributed by atoms with E-state index in [0.717, 1.165) is 15.4 Å². The Morgan fingerprint density at radius 1 is 1.26 bits per heavy atom. The normalized spacial score (nSPS) is 12.8. The molecule has 0 aliphatic rings. The van der Waals surface area contributed by atoms with E-state index in [1.807, 2.05) is 35.0 Å². The van der Waals surface area contributed by atoms with E-state index in [9.17, 15) is 4.55 Å². The zero-order chi connectivity index (χ0) is 13.4. The predicted octanol–water partition coefficient (Wildman–Crippen LogP) is 2.92. The van der Waals surface area contributed by atoms with E-state index in [1.54, 1.807) is 18.5 Å². The minimum Gasteiger partial charge on any atom is -0.609 e. The first-order valence-electron chi connectivity index (χ1n) is 5.59. The zero-order valence-corrected chi connectivity index (χ0v) is 12.5. The number of aromatic nitrogens is 3. The molecule has 1 aromatic carbocycles. The Morgan fingerprint density at radius 2 is 2.11 bits per heavy atom. The van der Waals surface area contributed by atoms with Crippen molar-refractivity contribution in [2.24, 2.45) is 0 Å². The van der Waals surface area contributed by atoms with Gasteiger partial charge in [-0.2, -0.15) is 9.97 Å². The van der Waals surface area contributed by atoms with Gasteiger partial charge in [-0.05, 0) is 18.2 Å². The van der Waals surface area contributed by atoms with Crippen LogP contribution >= 0.6 is 15.9 Å². The average molecular weight is 336 g/mol. The van der Waals surface area contributed by atoms with Crippen LogP contribution < -0.4 is 0 Å². The quantitative estimate of drug-likeness (QED) is 0.534. The molecular weight excluding hydrogens is 326 g/mol. The lowest BCUT2D eigenvalue weighted by Gasteiger charge is -2.06. The van der Waals surface area contributed by atoms with E-state index in [4.69, 9.17) is 0 Å². The van der Waals surface area contributed by atoms with Gasteiger partial charge in [-0.15, -0.1) is 0 Å². The maximum atomic E-state index is 11.5. The molecule has 1 atom stereocenters. The first kappa shape index (κ1) is 12.7. The molecule has 4 nitrogen and oxygen atoms in total. The third kappa shape index (κ3) is 2.27. The summed E-state index contributed by atoms with van der Waals surface area (Å²) < 4.78 is 14.4. The van der Waals surface area contributed by atoms with Gasteiger partial charge in [-0.1, -0.05) is 22.0 Å². The molecule has 2 aromatic heterocycles. The molecule has 0 amide bonds. The first-order valence-corrected chi connectivity index (χ1v) is 7.94. The van der Waals surface area contributed by atoms with E-state index in [0.29, 0.717) is 11.0 Å². The molecule has 0 fully saturated rings. The molecular formula is C13H10BrN3OS. The van der Waals surface area contributed by atoms with Crippen LogP contribution in [-0.4, -0.2) is 25.3 Å². The molecule has 19 heavy (non-hydrogen) atoms. The number of halogens is 1. The van der Waals surface area contributed by atoms with Crippen molar-refractivity contribution in [2.45, 2.75) is 5.16 Å². The second kappa shape index (κ2) is 4.96. The molecule has 0 N–H and O–H groups in total. The fourth-order valence-electron chi connectivity index (χ4n) is 1.93. The van der Waals surface area contributed by atoms with Gasteiger partial charge in [0, 0.05) is 39.5 Å². The summed E-state index contributed by atoms with van der Waals surface area (Å²) in [5.74, 6) is 0.716. The molecule has 0 spiro atoms. The van der Waals surface area contributed by atoms with Crippen molar-refractivity contribution in [2.75, 3.05) is 6.26 Å². The van der Waals surface area contributed by atoms with Gasteiger partial charge in [0.1, 0.15) is 12.1 Å². The van der Waals surface area contributed by atoms with Crippen molar-refractivity contribution in [3.8, 4) is 5.82 Å². The van der Waals surface area contributed by atoms with Crippen LogP contribution in [0.15, 0.2) is 52.4 Å². The van der Waals surface area contributed by atoms with Gasteiger partial charge in [0.15, 0.2) is 0 Å². The molecule has 0 aliphatic carbocycles. The van der Waals surface area contributed by atoms with Crippen molar-refractivity contribution in [1.29, 1.82) is 0 Å². The number of rotatable bonds is 2. The standard InChI is InChI=1S/C13H10BrN3OS/c1-19(18)13-15-7-5-12(16-13)17-8-6-9-10(14)3-2-4-11(9)17/h2-8H,1H3. The molecule has 96 valence electrons. The van der Waals surface area contributed by atoms with Gasteiger partial charge in [0.2, 0.25) is 0 Å². The summed E-state index contributed by atoms with van der Waals surface area (Å²) in [4.78, 5) is 8.34.